The smallest absolute Gasteiger partial charge is 0.134 e. The Morgan fingerprint density at radius 3 is 2.89 bits per heavy atom. The molecule has 0 amide bonds. The van der Waals surface area contributed by atoms with Gasteiger partial charge in [-0.05, 0) is 32.9 Å². The van der Waals surface area contributed by atoms with Gasteiger partial charge in [-0.25, -0.2) is 9.97 Å². The Morgan fingerprint density at radius 2 is 2.21 bits per heavy atom. The van der Waals surface area contributed by atoms with E-state index in [0.717, 1.165) is 43.4 Å². The fraction of sp³-hybridized carbons (Fsp3) is 0.571. The summed E-state index contributed by atoms with van der Waals surface area (Å²) in [5.74, 6) is 2.65. The van der Waals surface area contributed by atoms with E-state index in [1.165, 1.54) is 0 Å². The van der Waals surface area contributed by atoms with E-state index in [9.17, 15) is 0 Å². The lowest BCUT2D eigenvalue weighted by Gasteiger charge is -2.32. The first-order valence-electron chi connectivity index (χ1n) is 6.84. The maximum atomic E-state index is 4.55. The van der Waals surface area contributed by atoms with Crippen LogP contribution in [0, 0.1) is 6.92 Å². The molecule has 19 heavy (non-hydrogen) atoms. The van der Waals surface area contributed by atoms with Crippen LogP contribution in [0.4, 0.5) is 11.6 Å². The summed E-state index contributed by atoms with van der Waals surface area (Å²) in [4.78, 5) is 11.2. The SMILES string of the molecule is C=CCNc1cc(N(C)C2CCNCC2)nc(C)n1. The highest BCUT2D eigenvalue weighted by Crippen LogP contribution is 2.20. The Bertz CT molecular complexity index is 426. The summed E-state index contributed by atoms with van der Waals surface area (Å²) >= 11 is 0. The summed E-state index contributed by atoms with van der Waals surface area (Å²) in [5, 5.41) is 6.61. The average Bonchev–Trinajstić information content (AvgIpc) is 2.44. The van der Waals surface area contributed by atoms with Gasteiger partial charge < -0.3 is 15.5 Å². The summed E-state index contributed by atoms with van der Waals surface area (Å²) in [6, 6.07) is 2.57. The van der Waals surface area contributed by atoms with Gasteiger partial charge in [0.2, 0.25) is 0 Å². The van der Waals surface area contributed by atoms with Gasteiger partial charge in [0.05, 0.1) is 0 Å². The molecule has 0 aromatic carbocycles. The molecule has 0 aliphatic carbocycles. The second-order valence-electron chi connectivity index (χ2n) is 4.92. The van der Waals surface area contributed by atoms with Gasteiger partial charge in [0.15, 0.2) is 0 Å². The van der Waals surface area contributed by atoms with Crippen LogP contribution < -0.4 is 15.5 Å². The quantitative estimate of drug-likeness (QED) is 0.788. The molecule has 0 unspecified atom stereocenters. The molecule has 1 aliphatic rings. The van der Waals surface area contributed by atoms with Gasteiger partial charge in [0.25, 0.3) is 0 Å². The molecule has 0 radical (unpaired) electrons. The van der Waals surface area contributed by atoms with E-state index < -0.39 is 0 Å². The van der Waals surface area contributed by atoms with Crippen LogP contribution in [0.5, 0.6) is 0 Å². The summed E-state index contributed by atoms with van der Waals surface area (Å²) in [6.07, 6.45) is 4.15. The van der Waals surface area contributed by atoms with E-state index >= 15 is 0 Å². The monoisotopic (exact) mass is 261 g/mol. The minimum Gasteiger partial charge on any atom is -0.366 e. The van der Waals surface area contributed by atoms with E-state index in [4.69, 9.17) is 0 Å². The standard InChI is InChI=1S/C14H23N5/c1-4-7-16-13-10-14(18-11(2)17-13)19(3)12-5-8-15-9-6-12/h4,10,12,15H,1,5-9H2,2-3H3,(H,16,17,18). The Labute approximate surface area is 115 Å². The van der Waals surface area contributed by atoms with E-state index in [1.54, 1.807) is 0 Å². The van der Waals surface area contributed by atoms with Gasteiger partial charge in [0.1, 0.15) is 17.5 Å². The first kappa shape index (κ1) is 13.8. The van der Waals surface area contributed by atoms with Crippen molar-refractivity contribution in [3.05, 3.63) is 24.5 Å². The van der Waals surface area contributed by atoms with Gasteiger partial charge in [-0.1, -0.05) is 6.08 Å². The lowest BCUT2D eigenvalue weighted by Crippen LogP contribution is -2.41. The molecule has 104 valence electrons. The summed E-state index contributed by atoms with van der Waals surface area (Å²) in [5.41, 5.74) is 0. The maximum absolute atomic E-state index is 4.55. The molecule has 0 spiro atoms. The molecule has 1 saturated heterocycles. The molecule has 1 aromatic rings. The third-order valence-electron chi connectivity index (χ3n) is 3.47. The molecule has 0 atom stereocenters. The number of aryl methyl sites for hydroxylation is 1. The molecule has 2 heterocycles. The third kappa shape index (κ3) is 3.67. The van der Waals surface area contributed by atoms with Crippen molar-refractivity contribution in [2.24, 2.45) is 0 Å². The van der Waals surface area contributed by atoms with Crippen molar-refractivity contribution in [1.29, 1.82) is 0 Å². The third-order valence-corrected chi connectivity index (χ3v) is 3.47. The molecule has 2 N–H and O–H groups in total. The minimum absolute atomic E-state index is 0.558. The fourth-order valence-electron chi connectivity index (χ4n) is 2.38. The van der Waals surface area contributed by atoms with Crippen LogP contribution >= 0.6 is 0 Å². The number of piperidine rings is 1. The minimum atomic E-state index is 0.558. The zero-order valence-corrected chi connectivity index (χ0v) is 11.8. The topological polar surface area (TPSA) is 53.1 Å². The Kier molecular flexibility index (Phi) is 4.74. The van der Waals surface area contributed by atoms with E-state index in [-0.39, 0.29) is 0 Å². The van der Waals surface area contributed by atoms with E-state index in [2.05, 4.69) is 39.1 Å². The molecule has 1 fully saturated rings. The van der Waals surface area contributed by atoms with Crippen molar-refractivity contribution in [2.75, 3.05) is 36.9 Å². The molecule has 1 aliphatic heterocycles. The number of nitrogens with zero attached hydrogens (tertiary/aromatic N) is 3. The number of rotatable bonds is 5. The molecule has 0 bridgehead atoms. The maximum Gasteiger partial charge on any atom is 0.134 e. The van der Waals surface area contributed by atoms with Crippen molar-refractivity contribution < 1.29 is 0 Å². The number of aromatic nitrogens is 2. The number of hydrogen-bond donors (Lipinski definition) is 2. The van der Waals surface area contributed by atoms with Gasteiger partial charge in [-0.2, -0.15) is 0 Å². The van der Waals surface area contributed by atoms with Gasteiger partial charge in [-0.3, -0.25) is 0 Å². The van der Waals surface area contributed by atoms with E-state index in [1.807, 2.05) is 19.1 Å². The van der Waals surface area contributed by atoms with Crippen molar-refractivity contribution >= 4 is 11.6 Å². The van der Waals surface area contributed by atoms with Crippen molar-refractivity contribution in [3.63, 3.8) is 0 Å². The molecular formula is C14H23N5. The zero-order valence-electron chi connectivity index (χ0n) is 11.8. The predicted octanol–water partition coefficient (Wildman–Crippen LogP) is 1.57. The van der Waals surface area contributed by atoms with Gasteiger partial charge in [-0.15, -0.1) is 6.58 Å². The van der Waals surface area contributed by atoms with E-state index in [0.29, 0.717) is 12.6 Å². The largest absolute Gasteiger partial charge is 0.366 e. The van der Waals surface area contributed by atoms with Crippen LogP contribution in [0.3, 0.4) is 0 Å². The predicted molar refractivity (Wildman–Crippen MR) is 79.8 cm³/mol. The molecule has 2 rings (SSSR count). The highest BCUT2D eigenvalue weighted by Gasteiger charge is 2.19. The molecular weight excluding hydrogens is 238 g/mol. The fourth-order valence-corrected chi connectivity index (χ4v) is 2.38. The molecule has 5 heteroatoms. The Hall–Kier alpha value is -1.62. The van der Waals surface area contributed by atoms with Crippen molar-refractivity contribution in [3.8, 4) is 0 Å². The normalized spacial score (nSPS) is 16.1. The van der Waals surface area contributed by atoms with Gasteiger partial charge in [0, 0.05) is 25.7 Å². The highest BCUT2D eigenvalue weighted by atomic mass is 15.2. The second kappa shape index (κ2) is 6.52. The van der Waals surface area contributed by atoms with Crippen molar-refractivity contribution in [2.45, 2.75) is 25.8 Å². The Morgan fingerprint density at radius 1 is 1.47 bits per heavy atom. The highest BCUT2D eigenvalue weighted by molar-refractivity contribution is 5.49. The lowest BCUT2D eigenvalue weighted by molar-refractivity contribution is 0.441. The summed E-state index contributed by atoms with van der Waals surface area (Å²) in [7, 11) is 2.12. The van der Waals surface area contributed by atoms with Crippen LogP contribution in [0.2, 0.25) is 0 Å². The average molecular weight is 261 g/mol. The lowest BCUT2D eigenvalue weighted by atomic mass is 10.1. The first-order valence-corrected chi connectivity index (χ1v) is 6.84. The molecule has 5 nitrogen and oxygen atoms in total. The second-order valence-corrected chi connectivity index (χ2v) is 4.92. The molecule has 0 saturated carbocycles. The van der Waals surface area contributed by atoms with Crippen LogP contribution in [0.25, 0.3) is 0 Å². The van der Waals surface area contributed by atoms with Crippen LogP contribution in [0.15, 0.2) is 18.7 Å². The number of hydrogen-bond acceptors (Lipinski definition) is 5. The van der Waals surface area contributed by atoms with Crippen LogP contribution in [-0.2, 0) is 0 Å². The number of nitrogens with one attached hydrogen (secondary N) is 2. The van der Waals surface area contributed by atoms with Crippen molar-refractivity contribution in [1.82, 2.24) is 15.3 Å². The summed E-state index contributed by atoms with van der Waals surface area (Å²) < 4.78 is 0. The Balaban J connectivity index is 2.13. The zero-order chi connectivity index (χ0) is 13.7. The van der Waals surface area contributed by atoms with Gasteiger partial charge >= 0.3 is 0 Å². The van der Waals surface area contributed by atoms with Crippen LogP contribution in [0.1, 0.15) is 18.7 Å². The van der Waals surface area contributed by atoms with Crippen LogP contribution in [-0.4, -0.2) is 42.7 Å². The summed E-state index contributed by atoms with van der Waals surface area (Å²) in [6.45, 7) is 8.52. The number of anilines is 2. The first-order chi connectivity index (χ1) is 9.20. The molecule has 1 aromatic heterocycles.